The molecular weight excluding hydrogens is 256 g/mol. The fourth-order valence-corrected chi connectivity index (χ4v) is 1.81. The molecule has 0 rings (SSSR count). The highest BCUT2D eigenvalue weighted by molar-refractivity contribution is 7.85. The molecule has 1 N–H and O–H groups in total. The first kappa shape index (κ1) is 17.4. The van der Waals surface area contributed by atoms with Gasteiger partial charge in [0, 0.05) is 0 Å². The summed E-state index contributed by atoms with van der Waals surface area (Å²) in [7, 11) is -3.84. The molecule has 0 heterocycles. The van der Waals surface area contributed by atoms with Crippen LogP contribution in [0.2, 0.25) is 0 Å². The number of hydrogen-bond acceptors (Lipinski definition) is 4. The first-order valence-corrected chi connectivity index (χ1v) is 7.92. The lowest BCUT2D eigenvalue weighted by atomic mass is 9.91. The van der Waals surface area contributed by atoms with Gasteiger partial charge >= 0.3 is 5.97 Å². The van der Waals surface area contributed by atoms with Crippen molar-refractivity contribution >= 4 is 16.1 Å². The molecule has 0 aliphatic heterocycles. The third-order valence-electron chi connectivity index (χ3n) is 2.97. The molecule has 0 aromatic heterocycles. The Morgan fingerprint density at radius 1 is 1.17 bits per heavy atom. The second-order valence-electron chi connectivity index (χ2n) is 5.07. The van der Waals surface area contributed by atoms with Crippen LogP contribution in [-0.2, 0) is 19.6 Å². The Hall–Kier alpha value is -0.620. The minimum Gasteiger partial charge on any atom is -0.465 e. The molecule has 0 fully saturated rings. The van der Waals surface area contributed by atoms with Crippen LogP contribution in [0.25, 0.3) is 0 Å². The number of esters is 1. The van der Waals surface area contributed by atoms with Gasteiger partial charge in [0.25, 0.3) is 10.1 Å². The summed E-state index contributed by atoms with van der Waals surface area (Å²) in [4.78, 5) is 11.6. The normalized spacial score (nSPS) is 12.4. The van der Waals surface area contributed by atoms with Gasteiger partial charge in [-0.3, -0.25) is 9.35 Å². The molecule has 6 heteroatoms. The van der Waals surface area contributed by atoms with Gasteiger partial charge in [-0.05, 0) is 33.1 Å². The molecule has 0 unspecified atom stereocenters. The maximum absolute atomic E-state index is 11.6. The number of rotatable bonds is 9. The quantitative estimate of drug-likeness (QED) is 0.398. The van der Waals surface area contributed by atoms with E-state index in [1.54, 1.807) is 0 Å². The Bertz CT molecular complexity index is 345. The van der Waals surface area contributed by atoms with Crippen molar-refractivity contribution in [3.05, 3.63) is 0 Å². The largest absolute Gasteiger partial charge is 0.465 e. The smallest absolute Gasteiger partial charge is 0.311 e. The molecule has 0 aliphatic carbocycles. The summed E-state index contributed by atoms with van der Waals surface area (Å²) in [6.07, 6.45) is 3.38. The molecule has 0 spiro atoms. The highest BCUT2D eigenvalue weighted by atomic mass is 32.2. The zero-order valence-corrected chi connectivity index (χ0v) is 12.3. The van der Waals surface area contributed by atoms with E-state index in [4.69, 9.17) is 9.29 Å². The number of unbranched alkanes of at least 4 members (excludes halogenated alkanes) is 3. The van der Waals surface area contributed by atoms with Crippen molar-refractivity contribution in [3.63, 3.8) is 0 Å². The Morgan fingerprint density at radius 3 is 2.22 bits per heavy atom. The number of ether oxygens (including phenoxy) is 1. The van der Waals surface area contributed by atoms with Crippen molar-refractivity contribution in [1.29, 1.82) is 0 Å². The second-order valence-corrected chi connectivity index (χ2v) is 6.65. The Balaban J connectivity index is 3.55. The number of carbonyl (C=O) groups is 1. The lowest BCUT2D eigenvalue weighted by Gasteiger charge is -2.20. The molecule has 108 valence electrons. The van der Waals surface area contributed by atoms with E-state index >= 15 is 0 Å². The highest BCUT2D eigenvalue weighted by Gasteiger charge is 2.26. The lowest BCUT2D eigenvalue weighted by Crippen LogP contribution is -2.26. The van der Waals surface area contributed by atoms with Gasteiger partial charge in [-0.2, -0.15) is 8.42 Å². The van der Waals surface area contributed by atoms with Crippen LogP contribution < -0.4 is 0 Å². The maximum atomic E-state index is 11.6. The summed E-state index contributed by atoms with van der Waals surface area (Å²) < 4.78 is 34.5. The van der Waals surface area contributed by atoms with E-state index in [-0.39, 0.29) is 11.7 Å². The van der Waals surface area contributed by atoms with Crippen LogP contribution in [0, 0.1) is 5.41 Å². The zero-order chi connectivity index (χ0) is 14.2. The molecule has 0 atom stereocenters. The predicted octanol–water partition coefficient (Wildman–Crippen LogP) is 2.41. The number of hydrogen-bond donors (Lipinski definition) is 1. The maximum Gasteiger partial charge on any atom is 0.311 e. The monoisotopic (exact) mass is 280 g/mol. The molecule has 0 aromatic carbocycles. The highest BCUT2D eigenvalue weighted by Crippen LogP contribution is 2.21. The standard InChI is InChI=1S/C12H24O5S/c1-4-12(2,3)11(13)17-9-7-5-6-8-10-18(14,15)16/h4-10H2,1-3H3,(H,14,15,16). The van der Waals surface area contributed by atoms with Crippen LogP contribution in [0.3, 0.4) is 0 Å². The zero-order valence-electron chi connectivity index (χ0n) is 11.4. The SMILES string of the molecule is CCC(C)(C)C(=O)OCCCCCCS(=O)(=O)O. The Morgan fingerprint density at radius 2 is 1.72 bits per heavy atom. The molecule has 0 radical (unpaired) electrons. The van der Waals surface area contributed by atoms with E-state index in [1.807, 2.05) is 20.8 Å². The minimum absolute atomic E-state index is 0.192. The van der Waals surface area contributed by atoms with Gasteiger partial charge in [0.05, 0.1) is 17.8 Å². The molecule has 18 heavy (non-hydrogen) atoms. The van der Waals surface area contributed by atoms with E-state index in [9.17, 15) is 13.2 Å². The average Bonchev–Trinajstić information content (AvgIpc) is 2.25. The van der Waals surface area contributed by atoms with Crippen LogP contribution in [0.1, 0.15) is 52.9 Å². The van der Waals surface area contributed by atoms with Gasteiger partial charge in [-0.15, -0.1) is 0 Å². The third kappa shape index (κ3) is 8.47. The summed E-state index contributed by atoms with van der Waals surface area (Å²) in [6.45, 7) is 6.01. The molecule has 0 amide bonds. The minimum atomic E-state index is -3.84. The van der Waals surface area contributed by atoms with Crippen molar-refractivity contribution in [1.82, 2.24) is 0 Å². The van der Waals surface area contributed by atoms with Gasteiger partial charge in [0.15, 0.2) is 0 Å². The summed E-state index contributed by atoms with van der Waals surface area (Å²) in [5.41, 5.74) is -0.440. The summed E-state index contributed by atoms with van der Waals surface area (Å²) in [5, 5.41) is 0. The van der Waals surface area contributed by atoms with E-state index in [2.05, 4.69) is 0 Å². The van der Waals surface area contributed by atoms with Gasteiger partial charge in [0.2, 0.25) is 0 Å². The molecule has 0 aliphatic rings. The van der Waals surface area contributed by atoms with Crippen LogP contribution in [0.15, 0.2) is 0 Å². The second kappa shape index (κ2) is 7.74. The predicted molar refractivity (Wildman–Crippen MR) is 69.9 cm³/mol. The Kier molecular flexibility index (Phi) is 7.47. The topological polar surface area (TPSA) is 80.7 Å². The molecule has 0 saturated carbocycles. The molecular formula is C12H24O5S. The van der Waals surface area contributed by atoms with Crippen molar-refractivity contribution < 1.29 is 22.5 Å². The van der Waals surface area contributed by atoms with Crippen molar-refractivity contribution in [2.24, 2.45) is 5.41 Å². The van der Waals surface area contributed by atoms with Crippen molar-refractivity contribution in [2.45, 2.75) is 52.9 Å². The van der Waals surface area contributed by atoms with E-state index < -0.39 is 15.5 Å². The Labute approximate surface area is 110 Å². The lowest BCUT2D eigenvalue weighted by molar-refractivity contribution is -0.154. The fraction of sp³-hybridized carbons (Fsp3) is 0.917. The summed E-state index contributed by atoms with van der Waals surface area (Å²) in [5.74, 6) is -0.390. The van der Waals surface area contributed by atoms with Crippen molar-refractivity contribution in [2.75, 3.05) is 12.4 Å². The first-order valence-electron chi connectivity index (χ1n) is 6.31. The van der Waals surface area contributed by atoms with Gasteiger partial charge in [-0.1, -0.05) is 19.8 Å². The average molecular weight is 280 g/mol. The van der Waals surface area contributed by atoms with Gasteiger partial charge < -0.3 is 4.74 Å². The summed E-state index contributed by atoms with van der Waals surface area (Å²) >= 11 is 0. The molecule has 0 aromatic rings. The molecule has 5 nitrogen and oxygen atoms in total. The summed E-state index contributed by atoms with van der Waals surface area (Å²) in [6, 6.07) is 0. The van der Waals surface area contributed by atoms with Gasteiger partial charge in [0.1, 0.15) is 0 Å². The molecule has 0 bridgehead atoms. The van der Waals surface area contributed by atoms with Gasteiger partial charge in [-0.25, -0.2) is 0 Å². The number of carbonyl (C=O) groups excluding carboxylic acids is 1. The molecule has 0 saturated heterocycles. The first-order chi connectivity index (χ1) is 8.19. The van der Waals surface area contributed by atoms with Crippen LogP contribution in [-0.4, -0.2) is 31.3 Å². The van der Waals surface area contributed by atoms with E-state index in [0.29, 0.717) is 19.4 Å². The van der Waals surface area contributed by atoms with Crippen LogP contribution >= 0.6 is 0 Å². The van der Waals surface area contributed by atoms with Crippen LogP contribution in [0.4, 0.5) is 0 Å². The van der Waals surface area contributed by atoms with Crippen molar-refractivity contribution in [3.8, 4) is 0 Å². The third-order valence-corrected chi connectivity index (χ3v) is 3.77. The fourth-order valence-electron chi connectivity index (χ4n) is 1.24. The van der Waals surface area contributed by atoms with E-state index in [0.717, 1.165) is 19.3 Å². The van der Waals surface area contributed by atoms with Crippen LogP contribution in [0.5, 0.6) is 0 Å². The van der Waals surface area contributed by atoms with E-state index in [1.165, 1.54) is 0 Å².